The molecule has 1 aromatic heterocycles. The summed E-state index contributed by atoms with van der Waals surface area (Å²) in [6.07, 6.45) is 1.61. The zero-order valence-electron chi connectivity index (χ0n) is 10.8. The molecule has 1 aromatic carbocycles. The lowest BCUT2D eigenvalue weighted by Gasteiger charge is -2.12. The first-order valence-electron chi connectivity index (χ1n) is 5.48. The van der Waals surface area contributed by atoms with Gasteiger partial charge in [-0.25, -0.2) is 4.98 Å². The van der Waals surface area contributed by atoms with Crippen LogP contribution in [0.5, 0.6) is 17.6 Å². The molecular weight excluding hydrogens is 268 g/mol. The predicted octanol–water partition coefficient (Wildman–Crippen LogP) is 2.82. The van der Waals surface area contributed by atoms with Crippen LogP contribution < -0.4 is 14.2 Å². The molecule has 0 fully saturated rings. The zero-order valence-corrected chi connectivity index (χ0v) is 11.6. The van der Waals surface area contributed by atoms with E-state index in [2.05, 4.69) is 9.97 Å². The molecule has 0 aliphatic heterocycles. The predicted molar refractivity (Wildman–Crippen MR) is 72.1 cm³/mol. The van der Waals surface area contributed by atoms with Gasteiger partial charge in [0.15, 0.2) is 0 Å². The molecule has 1 heterocycles. The van der Waals surface area contributed by atoms with Crippen LogP contribution >= 0.6 is 11.6 Å². The molecule has 0 aliphatic rings. The van der Waals surface area contributed by atoms with E-state index in [1.165, 1.54) is 14.2 Å². The highest BCUT2D eigenvalue weighted by molar-refractivity contribution is 6.31. The first-order chi connectivity index (χ1) is 9.19. The van der Waals surface area contributed by atoms with Gasteiger partial charge in [0, 0.05) is 16.8 Å². The van der Waals surface area contributed by atoms with Crippen molar-refractivity contribution in [2.45, 2.75) is 0 Å². The fourth-order valence-electron chi connectivity index (χ4n) is 1.68. The number of nitrogens with zero attached hydrogens (tertiary/aromatic N) is 2. The number of hydrogen-bond acceptors (Lipinski definition) is 5. The van der Waals surface area contributed by atoms with E-state index in [0.717, 1.165) is 5.56 Å². The van der Waals surface area contributed by atoms with Crippen LogP contribution in [0.2, 0.25) is 5.02 Å². The highest BCUT2D eigenvalue weighted by Gasteiger charge is 2.15. The molecule has 100 valence electrons. The van der Waals surface area contributed by atoms with Gasteiger partial charge in [-0.1, -0.05) is 11.6 Å². The smallest absolute Gasteiger partial charge is 0.319 e. The summed E-state index contributed by atoms with van der Waals surface area (Å²) in [6.45, 7) is 0. The Bertz CT molecular complexity index is 590. The summed E-state index contributed by atoms with van der Waals surface area (Å²) in [4.78, 5) is 8.21. The summed E-state index contributed by atoms with van der Waals surface area (Å²) in [5.74, 6) is 1.06. The minimum absolute atomic E-state index is 0.238. The van der Waals surface area contributed by atoms with Crippen LogP contribution in [0.15, 0.2) is 24.4 Å². The molecule has 0 radical (unpaired) electrons. The first kappa shape index (κ1) is 13.4. The molecule has 5 nitrogen and oxygen atoms in total. The van der Waals surface area contributed by atoms with E-state index in [9.17, 15) is 0 Å². The van der Waals surface area contributed by atoms with Crippen LogP contribution in [0, 0.1) is 0 Å². The summed E-state index contributed by atoms with van der Waals surface area (Å²) in [5, 5.41) is 0.591. The number of rotatable bonds is 4. The Hall–Kier alpha value is -2.01. The lowest BCUT2D eigenvalue weighted by Crippen LogP contribution is -1.98. The van der Waals surface area contributed by atoms with Gasteiger partial charge in [0.25, 0.3) is 0 Å². The Morgan fingerprint density at radius 2 is 1.79 bits per heavy atom. The van der Waals surface area contributed by atoms with Crippen molar-refractivity contribution in [2.75, 3.05) is 21.3 Å². The van der Waals surface area contributed by atoms with Gasteiger partial charge >= 0.3 is 6.01 Å². The van der Waals surface area contributed by atoms with Gasteiger partial charge in [-0.15, -0.1) is 0 Å². The maximum Gasteiger partial charge on any atom is 0.319 e. The fraction of sp³-hybridized carbons (Fsp3) is 0.231. The topological polar surface area (TPSA) is 53.5 Å². The molecule has 0 saturated carbocycles. The summed E-state index contributed by atoms with van der Waals surface area (Å²) in [7, 11) is 4.61. The van der Waals surface area contributed by atoms with Gasteiger partial charge in [-0.3, -0.25) is 0 Å². The number of aromatic nitrogens is 2. The Balaban J connectivity index is 2.60. The largest absolute Gasteiger partial charge is 0.496 e. The van der Waals surface area contributed by atoms with Gasteiger partial charge in [0.05, 0.1) is 26.9 Å². The molecule has 0 aliphatic carbocycles. The summed E-state index contributed by atoms with van der Waals surface area (Å²) >= 11 is 6.02. The first-order valence-corrected chi connectivity index (χ1v) is 5.86. The third-order valence-electron chi connectivity index (χ3n) is 2.56. The monoisotopic (exact) mass is 280 g/mol. The molecule has 0 unspecified atom stereocenters. The van der Waals surface area contributed by atoms with Gasteiger partial charge in [-0.2, -0.15) is 4.98 Å². The summed E-state index contributed by atoms with van der Waals surface area (Å²) in [5.41, 5.74) is 1.44. The van der Waals surface area contributed by atoms with Crippen LogP contribution in [0.1, 0.15) is 0 Å². The van der Waals surface area contributed by atoms with Crippen LogP contribution in [0.25, 0.3) is 11.1 Å². The second-order valence-corrected chi connectivity index (χ2v) is 4.06. The second kappa shape index (κ2) is 5.75. The molecule has 6 heteroatoms. The number of hydrogen-bond donors (Lipinski definition) is 0. The van der Waals surface area contributed by atoms with Crippen LogP contribution in [-0.2, 0) is 0 Å². The molecule has 0 N–H and O–H groups in total. The van der Waals surface area contributed by atoms with Gasteiger partial charge in [-0.05, 0) is 18.2 Å². The Morgan fingerprint density at radius 3 is 2.42 bits per heavy atom. The fourth-order valence-corrected chi connectivity index (χ4v) is 1.85. The second-order valence-electron chi connectivity index (χ2n) is 3.62. The molecule has 2 rings (SSSR count). The third kappa shape index (κ3) is 2.71. The standard InChI is InChI=1S/C13H13ClN2O3/c1-17-11-5-4-8(14)6-9(11)10-7-15-13(19-3)16-12(10)18-2/h4-7H,1-3H3. The highest BCUT2D eigenvalue weighted by atomic mass is 35.5. The van der Waals surface area contributed by atoms with Gasteiger partial charge in [0.1, 0.15) is 5.75 Å². The number of benzene rings is 1. The molecule has 0 atom stereocenters. The van der Waals surface area contributed by atoms with Crippen molar-refractivity contribution < 1.29 is 14.2 Å². The van der Waals surface area contributed by atoms with E-state index in [1.54, 1.807) is 31.5 Å². The molecule has 0 saturated heterocycles. The van der Waals surface area contributed by atoms with Crippen molar-refractivity contribution in [1.82, 2.24) is 9.97 Å². The third-order valence-corrected chi connectivity index (χ3v) is 2.79. The van der Waals surface area contributed by atoms with Crippen molar-refractivity contribution in [3.8, 4) is 28.8 Å². The molecule has 2 aromatic rings. The van der Waals surface area contributed by atoms with Crippen LogP contribution in [0.4, 0.5) is 0 Å². The normalized spacial score (nSPS) is 10.1. The van der Waals surface area contributed by atoms with E-state index in [0.29, 0.717) is 22.2 Å². The zero-order chi connectivity index (χ0) is 13.8. The minimum Gasteiger partial charge on any atom is -0.496 e. The van der Waals surface area contributed by atoms with Crippen molar-refractivity contribution in [3.05, 3.63) is 29.4 Å². The van der Waals surface area contributed by atoms with E-state index in [1.807, 2.05) is 0 Å². The van der Waals surface area contributed by atoms with Crippen LogP contribution in [0.3, 0.4) is 0 Å². The lowest BCUT2D eigenvalue weighted by molar-refractivity contribution is 0.353. The number of methoxy groups -OCH3 is 3. The number of halogens is 1. The Morgan fingerprint density at radius 1 is 1.00 bits per heavy atom. The summed E-state index contributed by atoms with van der Waals surface area (Å²) in [6, 6.07) is 5.54. The molecule has 0 bridgehead atoms. The maximum absolute atomic E-state index is 6.02. The number of ether oxygens (including phenoxy) is 3. The quantitative estimate of drug-likeness (QED) is 0.862. The molecule has 19 heavy (non-hydrogen) atoms. The average Bonchev–Trinajstić information content (AvgIpc) is 2.46. The van der Waals surface area contributed by atoms with E-state index in [-0.39, 0.29) is 6.01 Å². The van der Waals surface area contributed by atoms with Gasteiger partial charge in [0.2, 0.25) is 5.88 Å². The van der Waals surface area contributed by atoms with Crippen molar-refractivity contribution in [1.29, 1.82) is 0 Å². The van der Waals surface area contributed by atoms with Crippen molar-refractivity contribution >= 4 is 11.6 Å². The maximum atomic E-state index is 6.02. The van der Waals surface area contributed by atoms with Crippen molar-refractivity contribution in [3.63, 3.8) is 0 Å². The SMILES string of the molecule is COc1ncc(-c2cc(Cl)ccc2OC)c(OC)n1. The summed E-state index contributed by atoms with van der Waals surface area (Å²) < 4.78 is 15.5. The minimum atomic E-state index is 0.238. The van der Waals surface area contributed by atoms with E-state index >= 15 is 0 Å². The van der Waals surface area contributed by atoms with Gasteiger partial charge < -0.3 is 14.2 Å². The molecular formula is C13H13ClN2O3. The average molecular weight is 281 g/mol. The molecule has 0 amide bonds. The van der Waals surface area contributed by atoms with Crippen molar-refractivity contribution in [2.24, 2.45) is 0 Å². The highest BCUT2D eigenvalue weighted by Crippen LogP contribution is 2.37. The lowest BCUT2D eigenvalue weighted by atomic mass is 10.1. The Labute approximate surface area is 116 Å². The van der Waals surface area contributed by atoms with Crippen LogP contribution in [-0.4, -0.2) is 31.3 Å². The molecule has 0 spiro atoms. The van der Waals surface area contributed by atoms with E-state index < -0.39 is 0 Å². The Kier molecular flexibility index (Phi) is 4.06. The van der Waals surface area contributed by atoms with E-state index in [4.69, 9.17) is 25.8 Å².